The molecule has 4 aromatic rings. The standard InChI is InChI=1S/C26H20F3N3O3/c27-26(28,29)35-21-12-10-20(11-13-21)32-16-30-25(31-32)19-7-5-17(6-8-19)15-24(33)34-23-14-9-18-3-1-2-4-22(18)23/h1-8,10-13,16,23H,9,14-15H2. The van der Waals surface area contributed by atoms with Crippen molar-refractivity contribution in [3.8, 4) is 22.8 Å². The van der Waals surface area contributed by atoms with E-state index in [4.69, 9.17) is 4.74 Å². The molecular weight excluding hydrogens is 459 g/mol. The van der Waals surface area contributed by atoms with Gasteiger partial charge in [-0.1, -0.05) is 48.5 Å². The highest BCUT2D eigenvalue weighted by Gasteiger charge is 2.31. The van der Waals surface area contributed by atoms with E-state index in [2.05, 4.69) is 20.9 Å². The summed E-state index contributed by atoms with van der Waals surface area (Å²) in [6.07, 6.45) is -1.59. The number of halogens is 3. The summed E-state index contributed by atoms with van der Waals surface area (Å²) in [5.74, 6) is -0.148. The lowest BCUT2D eigenvalue weighted by atomic mass is 10.1. The SMILES string of the molecule is O=C(Cc1ccc(-c2ncn(-c3ccc(OC(F)(F)F)cc3)n2)cc1)OC1CCc2ccccc21. The molecule has 1 aliphatic carbocycles. The van der Waals surface area contributed by atoms with Crippen LogP contribution in [0.5, 0.6) is 5.75 Å². The summed E-state index contributed by atoms with van der Waals surface area (Å²) in [4.78, 5) is 16.7. The summed E-state index contributed by atoms with van der Waals surface area (Å²) in [6, 6.07) is 20.6. The van der Waals surface area contributed by atoms with Crippen molar-refractivity contribution >= 4 is 5.97 Å². The molecule has 0 aliphatic heterocycles. The van der Waals surface area contributed by atoms with Crippen molar-refractivity contribution in [1.29, 1.82) is 0 Å². The number of rotatable bonds is 6. The van der Waals surface area contributed by atoms with Crippen LogP contribution in [0.1, 0.15) is 29.2 Å². The lowest BCUT2D eigenvalue weighted by Crippen LogP contribution is -2.17. The van der Waals surface area contributed by atoms with Gasteiger partial charge in [0.1, 0.15) is 18.2 Å². The molecule has 3 aromatic carbocycles. The number of nitrogens with zero attached hydrogens (tertiary/aromatic N) is 3. The van der Waals surface area contributed by atoms with Crippen molar-refractivity contribution in [3.63, 3.8) is 0 Å². The zero-order chi connectivity index (χ0) is 24.4. The largest absolute Gasteiger partial charge is 0.573 e. The van der Waals surface area contributed by atoms with Crippen molar-refractivity contribution in [1.82, 2.24) is 14.8 Å². The number of fused-ring (bicyclic) bond motifs is 1. The van der Waals surface area contributed by atoms with Crippen LogP contribution >= 0.6 is 0 Å². The molecular formula is C26H20F3N3O3. The molecule has 1 atom stereocenters. The Balaban J connectivity index is 1.21. The fraction of sp³-hybridized carbons (Fsp3) is 0.192. The van der Waals surface area contributed by atoms with Gasteiger partial charge in [0.15, 0.2) is 5.82 Å². The van der Waals surface area contributed by atoms with Crippen molar-refractivity contribution in [2.24, 2.45) is 0 Å². The van der Waals surface area contributed by atoms with Crippen LogP contribution in [0, 0.1) is 0 Å². The molecule has 6 nitrogen and oxygen atoms in total. The van der Waals surface area contributed by atoms with E-state index in [0.717, 1.165) is 29.5 Å². The average molecular weight is 479 g/mol. The molecule has 1 aromatic heterocycles. The van der Waals surface area contributed by atoms with E-state index in [1.165, 1.54) is 40.8 Å². The predicted octanol–water partition coefficient (Wildman–Crippen LogP) is 5.61. The van der Waals surface area contributed by atoms with E-state index in [1.54, 1.807) is 0 Å². The van der Waals surface area contributed by atoms with Crippen LogP contribution in [0.2, 0.25) is 0 Å². The van der Waals surface area contributed by atoms with Crippen LogP contribution in [0.4, 0.5) is 13.2 Å². The number of hydrogen-bond donors (Lipinski definition) is 0. The number of aromatic nitrogens is 3. The van der Waals surface area contributed by atoms with Gasteiger partial charge in [-0.05, 0) is 53.8 Å². The first-order valence-electron chi connectivity index (χ1n) is 11.0. The Hall–Kier alpha value is -4.14. The molecule has 0 saturated carbocycles. The van der Waals surface area contributed by atoms with Gasteiger partial charge < -0.3 is 9.47 Å². The summed E-state index contributed by atoms with van der Waals surface area (Å²) >= 11 is 0. The minimum absolute atomic E-state index is 0.160. The molecule has 0 bridgehead atoms. The van der Waals surface area contributed by atoms with Crippen LogP contribution in [0.15, 0.2) is 79.1 Å². The highest BCUT2D eigenvalue weighted by molar-refractivity contribution is 5.73. The molecule has 1 unspecified atom stereocenters. The molecule has 35 heavy (non-hydrogen) atoms. The molecule has 0 amide bonds. The molecule has 178 valence electrons. The van der Waals surface area contributed by atoms with Crippen LogP contribution in [-0.2, 0) is 22.4 Å². The number of esters is 1. The van der Waals surface area contributed by atoms with Crippen molar-refractivity contribution in [3.05, 3.63) is 95.8 Å². The number of ether oxygens (including phenoxy) is 2. The van der Waals surface area contributed by atoms with E-state index in [0.29, 0.717) is 11.5 Å². The first-order valence-corrected chi connectivity index (χ1v) is 11.0. The van der Waals surface area contributed by atoms with Crippen LogP contribution in [0.25, 0.3) is 17.1 Å². The summed E-state index contributed by atoms with van der Waals surface area (Å²) in [5.41, 5.74) is 4.39. The normalized spacial score (nSPS) is 15.0. The monoisotopic (exact) mass is 479 g/mol. The second-order valence-electron chi connectivity index (χ2n) is 8.14. The summed E-state index contributed by atoms with van der Waals surface area (Å²) in [5, 5.41) is 4.39. The third-order valence-corrected chi connectivity index (χ3v) is 5.74. The van der Waals surface area contributed by atoms with Gasteiger partial charge in [0, 0.05) is 5.56 Å². The molecule has 0 saturated heterocycles. The lowest BCUT2D eigenvalue weighted by Gasteiger charge is -2.13. The van der Waals surface area contributed by atoms with Gasteiger partial charge in [0.25, 0.3) is 0 Å². The van der Waals surface area contributed by atoms with Crippen LogP contribution < -0.4 is 4.74 Å². The first kappa shape index (κ1) is 22.6. The van der Waals surface area contributed by atoms with Crippen LogP contribution in [-0.4, -0.2) is 27.1 Å². The van der Waals surface area contributed by atoms with Gasteiger partial charge in [-0.25, -0.2) is 9.67 Å². The topological polar surface area (TPSA) is 66.2 Å². The van der Waals surface area contributed by atoms with Crippen molar-refractivity contribution < 1.29 is 27.4 Å². The van der Waals surface area contributed by atoms with Gasteiger partial charge in [-0.3, -0.25) is 4.79 Å². The molecule has 1 heterocycles. The van der Waals surface area contributed by atoms with Gasteiger partial charge in [0.05, 0.1) is 12.1 Å². The third kappa shape index (κ3) is 5.34. The highest BCUT2D eigenvalue weighted by atomic mass is 19.4. The number of alkyl halides is 3. The second-order valence-corrected chi connectivity index (χ2v) is 8.14. The zero-order valence-corrected chi connectivity index (χ0v) is 18.4. The number of hydrogen-bond acceptors (Lipinski definition) is 5. The lowest BCUT2D eigenvalue weighted by molar-refractivity contribution is -0.274. The first-order chi connectivity index (χ1) is 16.8. The second kappa shape index (κ2) is 9.25. The maximum Gasteiger partial charge on any atom is 0.573 e. The van der Waals surface area contributed by atoms with E-state index in [9.17, 15) is 18.0 Å². The number of carbonyl (C=O) groups is 1. The summed E-state index contributed by atoms with van der Waals surface area (Å²) in [6.45, 7) is 0. The zero-order valence-electron chi connectivity index (χ0n) is 18.4. The summed E-state index contributed by atoms with van der Waals surface area (Å²) < 4.78 is 48.0. The number of benzene rings is 3. The highest BCUT2D eigenvalue weighted by Crippen LogP contribution is 2.34. The van der Waals surface area contributed by atoms with E-state index < -0.39 is 6.36 Å². The predicted molar refractivity (Wildman–Crippen MR) is 121 cm³/mol. The van der Waals surface area contributed by atoms with Crippen LogP contribution in [0.3, 0.4) is 0 Å². The number of aryl methyl sites for hydroxylation is 1. The Morgan fingerprint density at radius 1 is 1.00 bits per heavy atom. The van der Waals surface area contributed by atoms with Crippen molar-refractivity contribution in [2.75, 3.05) is 0 Å². The molecule has 0 spiro atoms. The maximum atomic E-state index is 12.5. The average Bonchev–Trinajstić information content (AvgIpc) is 3.47. The Bertz CT molecular complexity index is 1330. The minimum Gasteiger partial charge on any atom is -0.457 e. The Labute approximate surface area is 198 Å². The van der Waals surface area contributed by atoms with Gasteiger partial charge in [-0.15, -0.1) is 18.3 Å². The van der Waals surface area contributed by atoms with Gasteiger partial charge in [-0.2, -0.15) is 0 Å². The molecule has 0 radical (unpaired) electrons. The third-order valence-electron chi connectivity index (χ3n) is 5.74. The summed E-state index contributed by atoms with van der Waals surface area (Å²) in [7, 11) is 0. The molecule has 1 aliphatic rings. The minimum atomic E-state index is -4.74. The Kier molecular flexibility index (Phi) is 5.98. The van der Waals surface area contributed by atoms with Gasteiger partial charge >= 0.3 is 12.3 Å². The van der Waals surface area contributed by atoms with E-state index in [-0.39, 0.29) is 24.2 Å². The van der Waals surface area contributed by atoms with E-state index >= 15 is 0 Å². The quantitative estimate of drug-likeness (QED) is 0.337. The van der Waals surface area contributed by atoms with Crippen molar-refractivity contribution in [2.45, 2.75) is 31.7 Å². The fourth-order valence-electron chi connectivity index (χ4n) is 4.10. The molecule has 5 rings (SSSR count). The molecule has 0 fully saturated rings. The smallest absolute Gasteiger partial charge is 0.457 e. The maximum absolute atomic E-state index is 12.5. The van der Waals surface area contributed by atoms with E-state index in [1.807, 2.05) is 42.5 Å². The Morgan fingerprint density at radius 2 is 1.74 bits per heavy atom. The fourth-order valence-corrected chi connectivity index (χ4v) is 4.10. The molecule has 9 heteroatoms. The Morgan fingerprint density at radius 3 is 2.49 bits per heavy atom. The number of carbonyl (C=O) groups excluding carboxylic acids is 1. The van der Waals surface area contributed by atoms with Gasteiger partial charge in [0.2, 0.25) is 0 Å². The molecule has 0 N–H and O–H groups in total.